The van der Waals surface area contributed by atoms with E-state index in [0.717, 1.165) is 10.6 Å². The van der Waals surface area contributed by atoms with E-state index in [1.165, 1.54) is 25.4 Å². The first-order valence-electron chi connectivity index (χ1n) is 9.65. The molecule has 2 aromatic rings. The summed E-state index contributed by atoms with van der Waals surface area (Å²) < 4.78 is 5.44. The average molecular weight is 426 g/mol. The van der Waals surface area contributed by atoms with Crippen molar-refractivity contribution in [3.8, 4) is 0 Å². The van der Waals surface area contributed by atoms with Gasteiger partial charge in [-0.25, -0.2) is 14.6 Å². The summed E-state index contributed by atoms with van der Waals surface area (Å²) >= 11 is 0. The van der Waals surface area contributed by atoms with Gasteiger partial charge in [0.1, 0.15) is 11.6 Å². The number of hydrogen-bond donors (Lipinski definition) is 1. The van der Waals surface area contributed by atoms with Crippen LogP contribution in [0.1, 0.15) is 31.9 Å². The molecule has 1 atom stereocenters. The van der Waals surface area contributed by atoms with E-state index in [1.54, 1.807) is 32.9 Å². The molecular formula is C22H26N4O5. The summed E-state index contributed by atoms with van der Waals surface area (Å²) in [7, 11) is 1.38. The van der Waals surface area contributed by atoms with E-state index < -0.39 is 28.6 Å². The van der Waals surface area contributed by atoms with E-state index in [4.69, 9.17) is 4.74 Å². The zero-order valence-corrected chi connectivity index (χ0v) is 17.9. The van der Waals surface area contributed by atoms with Gasteiger partial charge in [0.25, 0.3) is 5.69 Å². The summed E-state index contributed by atoms with van der Waals surface area (Å²) in [6.45, 7) is 5.24. The minimum absolute atomic E-state index is 0.129. The summed E-state index contributed by atoms with van der Waals surface area (Å²) in [6, 6.07) is 13.7. The Bertz CT molecular complexity index is 954. The maximum atomic E-state index is 12.7. The maximum Gasteiger partial charge on any atom is 0.338 e. The minimum Gasteiger partial charge on any atom is -0.458 e. The van der Waals surface area contributed by atoms with Gasteiger partial charge in [-0.3, -0.25) is 10.1 Å². The molecule has 0 radical (unpaired) electrons. The normalized spacial score (nSPS) is 12.3. The number of benzene rings is 2. The van der Waals surface area contributed by atoms with E-state index in [2.05, 4.69) is 10.4 Å². The second-order valence-electron chi connectivity index (χ2n) is 7.81. The predicted molar refractivity (Wildman–Crippen MR) is 117 cm³/mol. The van der Waals surface area contributed by atoms with Gasteiger partial charge in [0.2, 0.25) is 0 Å². The van der Waals surface area contributed by atoms with Gasteiger partial charge in [-0.1, -0.05) is 42.5 Å². The summed E-state index contributed by atoms with van der Waals surface area (Å²) in [5.74, 6) is -0.569. The quantitative estimate of drug-likeness (QED) is 0.315. The maximum absolute atomic E-state index is 12.7. The smallest absolute Gasteiger partial charge is 0.338 e. The number of nitrogens with zero attached hydrogens (tertiary/aromatic N) is 3. The van der Waals surface area contributed by atoms with Crippen LogP contribution in [-0.2, 0) is 16.0 Å². The number of esters is 1. The topological polar surface area (TPSA) is 114 Å². The van der Waals surface area contributed by atoms with Crippen LogP contribution in [0.4, 0.5) is 10.5 Å². The number of carbonyl (C=O) groups excluding carboxylic acids is 2. The molecule has 0 saturated heterocycles. The van der Waals surface area contributed by atoms with E-state index in [9.17, 15) is 19.7 Å². The van der Waals surface area contributed by atoms with Crippen LogP contribution in [0, 0.1) is 10.1 Å². The Hall–Kier alpha value is -3.75. The first kappa shape index (κ1) is 23.5. The van der Waals surface area contributed by atoms with Gasteiger partial charge in [0.05, 0.1) is 16.7 Å². The van der Waals surface area contributed by atoms with Crippen LogP contribution in [-0.4, -0.2) is 46.8 Å². The molecule has 2 amide bonds. The monoisotopic (exact) mass is 426 g/mol. The molecule has 0 fully saturated rings. The highest BCUT2D eigenvalue weighted by molar-refractivity contribution is 5.87. The lowest BCUT2D eigenvalue weighted by molar-refractivity contribution is -0.385. The van der Waals surface area contributed by atoms with Crippen LogP contribution < -0.4 is 5.32 Å². The van der Waals surface area contributed by atoms with Gasteiger partial charge in [-0.05, 0) is 32.4 Å². The molecule has 0 aromatic heterocycles. The van der Waals surface area contributed by atoms with Gasteiger partial charge in [0, 0.05) is 19.5 Å². The second-order valence-corrected chi connectivity index (χ2v) is 7.81. The van der Waals surface area contributed by atoms with Crippen molar-refractivity contribution in [2.45, 2.75) is 38.8 Å². The Morgan fingerprint density at radius 2 is 1.77 bits per heavy atom. The third-order valence-corrected chi connectivity index (χ3v) is 4.07. The lowest BCUT2D eigenvalue weighted by Crippen LogP contribution is -2.48. The van der Waals surface area contributed by atoms with Gasteiger partial charge in [0.15, 0.2) is 0 Å². The fourth-order valence-corrected chi connectivity index (χ4v) is 2.62. The summed E-state index contributed by atoms with van der Waals surface area (Å²) in [4.78, 5) is 35.8. The van der Waals surface area contributed by atoms with Crippen molar-refractivity contribution in [1.29, 1.82) is 0 Å². The van der Waals surface area contributed by atoms with Crippen molar-refractivity contribution in [2.75, 3.05) is 7.05 Å². The van der Waals surface area contributed by atoms with Gasteiger partial charge in [-0.2, -0.15) is 5.10 Å². The Labute approximate surface area is 180 Å². The Morgan fingerprint density at radius 1 is 1.16 bits per heavy atom. The van der Waals surface area contributed by atoms with Gasteiger partial charge in [-0.15, -0.1) is 0 Å². The molecule has 0 saturated carbocycles. The summed E-state index contributed by atoms with van der Waals surface area (Å²) in [5, 5.41) is 18.7. The van der Waals surface area contributed by atoms with E-state index in [-0.39, 0.29) is 17.7 Å². The molecule has 164 valence electrons. The molecule has 31 heavy (non-hydrogen) atoms. The highest BCUT2D eigenvalue weighted by atomic mass is 16.6. The largest absolute Gasteiger partial charge is 0.458 e. The van der Waals surface area contributed by atoms with E-state index in [1.807, 2.05) is 30.3 Å². The van der Waals surface area contributed by atoms with Crippen molar-refractivity contribution in [3.05, 3.63) is 75.8 Å². The SMILES string of the molecule is CN(/N=C/c1ccccc1[N+](=O)[O-])C(=O)N[C@@H](Cc1ccccc1)C(=O)OC(C)(C)C. The molecule has 2 rings (SSSR count). The average Bonchev–Trinajstić information content (AvgIpc) is 2.71. The lowest BCUT2D eigenvalue weighted by atomic mass is 10.1. The number of urea groups is 1. The van der Waals surface area contributed by atoms with Crippen LogP contribution in [0.15, 0.2) is 59.7 Å². The first-order valence-corrected chi connectivity index (χ1v) is 9.65. The number of hydrogen-bond acceptors (Lipinski definition) is 6. The minimum atomic E-state index is -0.933. The molecule has 0 aliphatic carbocycles. The Balaban J connectivity index is 2.14. The number of hydrazone groups is 1. The van der Waals surface area contributed by atoms with Crippen molar-refractivity contribution in [1.82, 2.24) is 10.3 Å². The standard InChI is InChI=1S/C22H26N4O5/c1-22(2,3)31-20(27)18(14-16-10-6-5-7-11-16)24-21(28)25(4)23-15-17-12-8-9-13-19(17)26(29)30/h5-13,15,18H,14H2,1-4H3,(H,24,28)/b23-15+/t18-/m0/s1. The van der Waals surface area contributed by atoms with Crippen molar-refractivity contribution >= 4 is 23.9 Å². The molecule has 0 heterocycles. The number of rotatable bonds is 7. The number of carbonyl (C=O) groups is 2. The number of ether oxygens (including phenoxy) is 1. The molecule has 2 aromatic carbocycles. The molecular weight excluding hydrogens is 400 g/mol. The highest BCUT2D eigenvalue weighted by Crippen LogP contribution is 2.15. The fraction of sp³-hybridized carbons (Fsp3) is 0.318. The Kier molecular flexibility index (Phi) is 7.84. The van der Waals surface area contributed by atoms with Crippen LogP contribution in [0.2, 0.25) is 0 Å². The van der Waals surface area contributed by atoms with Crippen LogP contribution >= 0.6 is 0 Å². The third-order valence-electron chi connectivity index (χ3n) is 4.07. The van der Waals surface area contributed by atoms with E-state index >= 15 is 0 Å². The van der Waals surface area contributed by atoms with Gasteiger partial charge < -0.3 is 10.1 Å². The highest BCUT2D eigenvalue weighted by Gasteiger charge is 2.28. The zero-order valence-electron chi connectivity index (χ0n) is 17.9. The van der Waals surface area contributed by atoms with Crippen LogP contribution in [0.25, 0.3) is 0 Å². The molecule has 0 bridgehead atoms. The molecule has 9 heteroatoms. The number of amides is 2. The van der Waals surface area contributed by atoms with Crippen molar-refractivity contribution < 1.29 is 19.2 Å². The number of nitrogens with one attached hydrogen (secondary N) is 1. The Morgan fingerprint density at radius 3 is 2.39 bits per heavy atom. The molecule has 0 aliphatic heterocycles. The van der Waals surface area contributed by atoms with Crippen LogP contribution in [0.5, 0.6) is 0 Å². The first-order chi connectivity index (χ1) is 14.6. The molecule has 1 N–H and O–H groups in total. The van der Waals surface area contributed by atoms with Gasteiger partial charge >= 0.3 is 12.0 Å². The molecule has 9 nitrogen and oxygen atoms in total. The fourth-order valence-electron chi connectivity index (χ4n) is 2.62. The summed E-state index contributed by atoms with van der Waals surface area (Å²) in [5.41, 5.74) is 0.258. The zero-order chi connectivity index (χ0) is 23.0. The predicted octanol–water partition coefficient (Wildman–Crippen LogP) is 3.52. The van der Waals surface area contributed by atoms with E-state index in [0.29, 0.717) is 0 Å². The number of para-hydroxylation sites is 1. The number of nitro benzene ring substituents is 1. The van der Waals surface area contributed by atoms with Crippen LogP contribution in [0.3, 0.4) is 0 Å². The lowest BCUT2D eigenvalue weighted by Gasteiger charge is -2.25. The van der Waals surface area contributed by atoms with Crippen molar-refractivity contribution in [2.24, 2.45) is 5.10 Å². The molecule has 0 aliphatic rings. The molecule has 0 spiro atoms. The summed E-state index contributed by atoms with van der Waals surface area (Å²) in [6.07, 6.45) is 1.46. The number of nitro groups is 1. The second kappa shape index (κ2) is 10.3. The molecule has 0 unspecified atom stereocenters. The van der Waals surface area contributed by atoms with Crippen molar-refractivity contribution in [3.63, 3.8) is 0 Å². The third kappa shape index (κ3) is 7.54.